The van der Waals surface area contributed by atoms with E-state index < -0.39 is 5.60 Å². The fraction of sp³-hybridized carbons (Fsp3) is 0.500. The number of ether oxygens (including phenoxy) is 2. The van der Waals surface area contributed by atoms with Crippen LogP contribution < -0.4 is 0 Å². The smallest absolute Gasteiger partial charge is 0.309 e. The first-order valence-corrected chi connectivity index (χ1v) is 11.1. The third kappa shape index (κ3) is 3.94. The van der Waals surface area contributed by atoms with E-state index in [4.69, 9.17) is 14.5 Å². The largest absolute Gasteiger partial charge is 0.465 e. The first kappa shape index (κ1) is 20.1. The highest BCUT2D eigenvalue weighted by Gasteiger charge is 2.43. The Labute approximate surface area is 181 Å². The summed E-state index contributed by atoms with van der Waals surface area (Å²) in [5.41, 5.74) is 2.66. The summed E-state index contributed by atoms with van der Waals surface area (Å²) in [6, 6.07) is 9.98. The van der Waals surface area contributed by atoms with Crippen molar-refractivity contribution in [2.45, 2.75) is 44.1 Å². The molecule has 2 saturated heterocycles. The van der Waals surface area contributed by atoms with Crippen molar-refractivity contribution in [1.82, 2.24) is 14.9 Å². The van der Waals surface area contributed by atoms with Gasteiger partial charge in [0, 0.05) is 31.3 Å². The molecule has 1 unspecified atom stereocenters. The van der Waals surface area contributed by atoms with Crippen LogP contribution in [0.2, 0.25) is 0 Å². The number of amides is 1. The predicted molar refractivity (Wildman–Crippen MR) is 113 cm³/mol. The van der Waals surface area contributed by atoms with E-state index >= 15 is 0 Å². The molecule has 0 N–H and O–H groups in total. The molecule has 5 rings (SSSR count). The maximum Gasteiger partial charge on any atom is 0.309 e. The molecule has 2 fully saturated rings. The lowest BCUT2D eigenvalue weighted by molar-refractivity contribution is -0.143. The molecular weight excluding hydrogens is 394 g/mol. The maximum atomic E-state index is 12.7. The van der Waals surface area contributed by atoms with Gasteiger partial charge in [-0.3, -0.25) is 9.59 Å². The third-order valence-electron chi connectivity index (χ3n) is 6.75. The van der Waals surface area contributed by atoms with Crippen molar-refractivity contribution in [2.24, 2.45) is 5.92 Å². The first-order valence-electron chi connectivity index (χ1n) is 11.1. The lowest BCUT2D eigenvalue weighted by Gasteiger charge is -2.44. The minimum Gasteiger partial charge on any atom is -0.465 e. The minimum atomic E-state index is -0.452. The summed E-state index contributed by atoms with van der Waals surface area (Å²) in [4.78, 5) is 35.8. The summed E-state index contributed by atoms with van der Waals surface area (Å²) < 4.78 is 11.3. The van der Waals surface area contributed by atoms with Crippen LogP contribution >= 0.6 is 0 Å². The van der Waals surface area contributed by atoms with Crippen molar-refractivity contribution in [2.75, 3.05) is 26.3 Å². The zero-order valence-electron chi connectivity index (χ0n) is 17.6. The molecule has 1 spiro atoms. The summed E-state index contributed by atoms with van der Waals surface area (Å²) in [5.74, 6) is 0.540. The lowest BCUT2D eigenvalue weighted by atomic mass is 9.83. The predicted octanol–water partition coefficient (Wildman–Crippen LogP) is 2.88. The Morgan fingerprint density at radius 2 is 1.97 bits per heavy atom. The van der Waals surface area contributed by atoms with Gasteiger partial charge in [0.2, 0.25) is 5.91 Å². The van der Waals surface area contributed by atoms with Crippen molar-refractivity contribution < 1.29 is 19.1 Å². The average Bonchev–Trinajstić information content (AvgIpc) is 3.23. The number of carbonyl (C=O) groups excluding carboxylic acids is 2. The highest BCUT2D eigenvalue weighted by molar-refractivity contribution is 5.78. The van der Waals surface area contributed by atoms with Gasteiger partial charge in [0.25, 0.3) is 0 Å². The molecule has 1 amide bonds. The zero-order chi connectivity index (χ0) is 21.3. The molecule has 0 radical (unpaired) electrons. The Balaban J connectivity index is 1.28. The summed E-state index contributed by atoms with van der Waals surface area (Å²) in [6.07, 6.45) is 5.89. The summed E-state index contributed by atoms with van der Waals surface area (Å²) in [5, 5.41) is 0. The van der Waals surface area contributed by atoms with E-state index in [0.717, 1.165) is 42.5 Å². The molecule has 3 aliphatic heterocycles. The van der Waals surface area contributed by atoms with E-state index in [2.05, 4.69) is 4.98 Å². The van der Waals surface area contributed by atoms with E-state index in [1.165, 1.54) is 0 Å². The molecule has 162 valence electrons. The zero-order valence-corrected chi connectivity index (χ0v) is 17.6. The topological polar surface area (TPSA) is 81.6 Å². The Morgan fingerprint density at radius 1 is 1.16 bits per heavy atom. The monoisotopic (exact) mass is 421 g/mol. The van der Waals surface area contributed by atoms with Crippen molar-refractivity contribution >= 4 is 11.9 Å². The third-order valence-corrected chi connectivity index (χ3v) is 6.75. The van der Waals surface area contributed by atoms with Gasteiger partial charge in [0.1, 0.15) is 5.60 Å². The molecule has 0 aliphatic carbocycles. The number of cyclic esters (lactones) is 1. The second-order valence-electron chi connectivity index (χ2n) is 8.60. The Kier molecular flexibility index (Phi) is 5.44. The molecular formula is C24H27N3O4. The Bertz CT molecular complexity index is 970. The number of benzene rings is 1. The fourth-order valence-corrected chi connectivity index (χ4v) is 4.89. The van der Waals surface area contributed by atoms with Crippen LogP contribution in [0.1, 0.15) is 43.4 Å². The molecule has 1 atom stereocenters. The number of hydrogen-bond acceptors (Lipinski definition) is 6. The van der Waals surface area contributed by atoms with E-state index in [0.29, 0.717) is 45.0 Å². The highest BCUT2D eigenvalue weighted by atomic mass is 16.5. The SMILES string of the molecule is O=C1OCCC1CCC(=O)N1CCC2(CC1)OCCc1cnc(-c3ccccc3)nc12. The second kappa shape index (κ2) is 8.38. The highest BCUT2D eigenvalue weighted by Crippen LogP contribution is 2.41. The Hall–Kier alpha value is -2.80. The van der Waals surface area contributed by atoms with Gasteiger partial charge in [-0.1, -0.05) is 30.3 Å². The summed E-state index contributed by atoms with van der Waals surface area (Å²) >= 11 is 0. The standard InChI is InChI=1S/C24H27N3O4/c28-20(7-6-18-8-14-30-23(18)29)27-12-10-24(11-13-27)21-19(9-15-31-24)16-25-22(26-21)17-4-2-1-3-5-17/h1-5,16,18H,6-15H2. The van der Waals surface area contributed by atoms with Crippen LogP contribution in [0, 0.1) is 5.92 Å². The van der Waals surface area contributed by atoms with E-state index in [9.17, 15) is 9.59 Å². The second-order valence-corrected chi connectivity index (χ2v) is 8.60. The van der Waals surface area contributed by atoms with E-state index in [1.54, 1.807) is 0 Å². The van der Waals surface area contributed by atoms with Gasteiger partial charge in [0.05, 0.1) is 24.8 Å². The average molecular weight is 421 g/mol. The number of carbonyl (C=O) groups is 2. The van der Waals surface area contributed by atoms with Crippen LogP contribution in [0.25, 0.3) is 11.4 Å². The van der Waals surface area contributed by atoms with E-state index in [1.807, 2.05) is 41.4 Å². The van der Waals surface area contributed by atoms with Gasteiger partial charge in [-0.2, -0.15) is 0 Å². The fourth-order valence-electron chi connectivity index (χ4n) is 4.89. The van der Waals surface area contributed by atoms with Crippen LogP contribution in [-0.4, -0.2) is 53.0 Å². The normalized spacial score (nSPS) is 22.3. The van der Waals surface area contributed by atoms with Crippen LogP contribution in [0.4, 0.5) is 0 Å². The number of fused-ring (bicyclic) bond motifs is 2. The molecule has 31 heavy (non-hydrogen) atoms. The number of aromatic nitrogens is 2. The van der Waals surface area contributed by atoms with Crippen molar-refractivity contribution in [3.05, 3.63) is 47.8 Å². The maximum absolute atomic E-state index is 12.7. The number of rotatable bonds is 4. The molecule has 7 heteroatoms. The van der Waals surface area contributed by atoms with Crippen molar-refractivity contribution in [3.63, 3.8) is 0 Å². The van der Waals surface area contributed by atoms with Crippen LogP contribution in [0.5, 0.6) is 0 Å². The van der Waals surface area contributed by atoms with Gasteiger partial charge >= 0.3 is 5.97 Å². The number of likely N-dealkylation sites (tertiary alicyclic amines) is 1. The van der Waals surface area contributed by atoms with E-state index in [-0.39, 0.29) is 17.8 Å². The van der Waals surface area contributed by atoms with Crippen molar-refractivity contribution in [3.8, 4) is 11.4 Å². The Morgan fingerprint density at radius 3 is 2.71 bits per heavy atom. The van der Waals surface area contributed by atoms with Crippen LogP contribution in [-0.2, 0) is 31.1 Å². The quantitative estimate of drug-likeness (QED) is 0.706. The number of piperidine rings is 1. The van der Waals surface area contributed by atoms with Crippen molar-refractivity contribution in [1.29, 1.82) is 0 Å². The van der Waals surface area contributed by atoms with Gasteiger partial charge < -0.3 is 14.4 Å². The first-order chi connectivity index (χ1) is 15.1. The molecule has 1 aromatic heterocycles. The van der Waals surface area contributed by atoms with Gasteiger partial charge in [-0.05, 0) is 37.7 Å². The molecule has 4 heterocycles. The molecule has 7 nitrogen and oxygen atoms in total. The van der Waals surface area contributed by atoms with Gasteiger partial charge in [0.15, 0.2) is 5.82 Å². The van der Waals surface area contributed by atoms with Crippen LogP contribution in [0.15, 0.2) is 36.5 Å². The van der Waals surface area contributed by atoms with Gasteiger partial charge in [-0.15, -0.1) is 0 Å². The van der Waals surface area contributed by atoms with Crippen LogP contribution in [0.3, 0.4) is 0 Å². The lowest BCUT2D eigenvalue weighted by Crippen LogP contribution is -2.49. The summed E-state index contributed by atoms with van der Waals surface area (Å²) in [6.45, 7) is 2.41. The number of nitrogens with zero attached hydrogens (tertiary/aromatic N) is 3. The molecule has 1 aromatic carbocycles. The van der Waals surface area contributed by atoms with Gasteiger partial charge in [-0.25, -0.2) is 9.97 Å². The molecule has 0 bridgehead atoms. The number of hydrogen-bond donors (Lipinski definition) is 0. The molecule has 0 saturated carbocycles. The molecule has 2 aromatic rings. The number of esters is 1. The minimum absolute atomic E-state index is 0.109. The molecule has 3 aliphatic rings. The summed E-state index contributed by atoms with van der Waals surface area (Å²) in [7, 11) is 0.